The molecule has 0 radical (unpaired) electrons. The Hall–Kier alpha value is -2.70. The molecule has 4 heterocycles. The molecule has 112 valence electrons. The van der Waals surface area contributed by atoms with Crippen LogP contribution in [-0.2, 0) is 13.1 Å². The predicted octanol–water partition coefficient (Wildman–Crippen LogP) is 1.74. The van der Waals surface area contributed by atoms with Gasteiger partial charge in [0.2, 0.25) is 0 Å². The van der Waals surface area contributed by atoms with Gasteiger partial charge < -0.3 is 0 Å². The molecule has 4 aromatic rings. The third kappa shape index (κ3) is 1.50. The van der Waals surface area contributed by atoms with Crippen LogP contribution in [0.4, 0.5) is 0 Å². The van der Waals surface area contributed by atoms with Crippen LogP contribution in [0.5, 0.6) is 0 Å². The van der Waals surface area contributed by atoms with E-state index >= 15 is 0 Å². The summed E-state index contributed by atoms with van der Waals surface area (Å²) in [4.78, 5) is 17.2. The number of nitrogens with zero attached hydrogens (tertiary/aromatic N) is 6. The van der Waals surface area contributed by atoms with E-state index in [-0.39, 0.29) is 5.56 Å². The Balaban J connectivity index is 2.34. The Morgan fingerprint density at radius 1 is 1.14 bits per heavy atom. The predicted molar refractivity (Wildman–Crippen MR) is 84.1 cm³/mol. The van der Waals surface area contributed by atoms with Crippen molar-refractivity contribution in [3.8, 4) is 0 Å². The fourth-order valence-corrected chi connectivity index (χ4v) is 3.03. The summed E-state index contributed by atoms with van der Waals surface area (Å²) >= 11 is 0. The van der Waals surface area contributed by atoms with Crippen molar-refractivity contribution < 1.29 is 0 Å². The Morgan fingerprint density at radius 2 is 1.95 bits per heavy atom. The van der Waals surface area contributed by atoms with Crippen molar-refractivity contribution in [1.29, 1.82) is 0 Å². The third-order valence-corrected chi connectivity index (χ3v) is 4.03. The maximum atomic E-state index is 12.8. The van der Waals surface area contributed by atoms with Gasteiger partial charge in [-0.1, -0.05) is 0 Å². The molecule has 4 rings (SSSR count). The molecule has 0 amide bonds. The minimum atomic E-state index is -0.0384. The zero-order valence-electron chi connectivity index (χ0n) is 12.7. The number of pyridine rings is 1. The molecule has 7 heteroatoms. The first kappa shape index (κ1) is 13.0. The highest BCUT2D eigenvalue weighted by Gasteiger charge is 2.16. The lowest BCUT2D eigenvalue weighted by atomic mass is 10.2. The molecule has 22 heavy (non-hydrogen) atoms. The number of rotatable bonds is 2. The number of aryl methyl sites for hydroxylation is 3. The fraction of sp³-hybridized carbons (Fsp3) is 0.333. The van der Waals surface area contributed by atoms with Crippen molar-refractivity contribution in [2.75, 3.05) is 0 Å². The van der Waals surface area contributed by atoms with Crippen LogP contribution in [0.15, 0.2) is 23.3 Å². The summed E-state index contributed by atoms with van der Waals surface area (Å²) in [5.74, 6) is 0. The molecule has 0 aliphatic carbocycles. The van der Waals surface area contributed by atoms with Gasteiger partial charge in [-0.3, -0.25) is 9.36 Å². The number of hydrogen-bond donors (Lipinski definition) is 0. The van der Waals surface area contributed by atoms with E-state index in [0.29, 0.717) is 11.9 Å². The largest absolute Gasteiger partial charge is 0.293 e. The second-order valence-corrected chi connectivity index (χ2v) is 5.32. The monoisotopic (exact) mass is 296 g/mol. The molecule has 0 aliphatic heterocycles. The fourth-order valence-electron chi connectivity index (χ4n) is 3.03. The summed E-state index contributed by atoms with van der Waals surface area (Å²) in [6.07, 6.45) is 3.40. The van der Waals surface area contributed by atoms with E-state index in [1.54, 1.807) is 17.0 Å². The summed E-state index contributed by atoms with van der Waals surface area (Å²) in [5.41, 5.74) is 3.19. The first-order valence-electron chi connectivity index (χ1n) is 7.39. The first-order valence-corrected chi connectivity index (χ1v) is 7.39. The van der Waals surface area contributed by atoms with Crippen molar-refractivity contribution in [2.24, 2.45) is 0 Å². The van der Waals surface area contributed by atoms with E-state index in [0.717, 1.165) is 34.4 Å². The topological polar surface area (TPSA) is 70.0 Å². The SMILES string of the molecule is CCn1ncc2c1ncc1c(=O)n(CC)c3cc(C)nn3c12. The first-order chi connectivity index (χ1) is 10.7. The molecular weight excluding hydrogens is 280 g/mol. The summed E-state index contributed by atoms with van der Waals surface area (Å²) in [7, 11) is 0. The molecule has 0 fully saturated rings. The molecule has 0 unspecified atom stereocenters. The number of fused-ring (bicyclic) bond motifs is 5. The van der Waals surface area contributed by atoms with E-state index in [1.807, 2.05) is 36.0 Å². The highest BCUT2D eigenvalue weighted by atomic mass is 16.1. The Kier molecular flexibility index (Phi) is 2.60. The van der Waals surface area contributed by atoms with Gasteiger partial charge in [0.1, 0.15) is 5.65 Å². The average molecular weight is 296 g/mol. The lowest BCUT2D eigenvalue weighted by Gasteiger charge is -2.09. The van der Waals surface area contributed by atoms with Crippen LogP contribution in [0.1, 0.15) is 19.5 Å². The minimum absolute atomic E-state index is 0.0384. The molecule has 0 aromatic carbocycles. The van der Waals surface area contributed by atoms with E-state index in [2.05, 4.69) is 15.2 Å². The second kappa shape index (κ2) is 4.40. The Bertz CT molecular complexity index is 1080. The van der Waals surface area contributed by atoms with Crippen LogP contribution in [0.3, 0.4) is 0 Å². The van der Waals surface area contributed by atoms with Crippen LogP contribution in [-0.4, -0.2) is 28.9 Å². The van der Waals surface area contributed by atoms with Crippen molar-refractivity contribution in [1.82, 2.24) is 28.9 Å². The lowest BCUT2D eigenvalue weighted by molar-refractivity contribution is 0.677. The highest BCUT2D eigenvalue weighted by molar-refractivity contribution is 6.02. The van der Waals surface area contributed by atoms with E-state index in [4.69, 9.17) is 0 Å². The maximum Gasteiger partial charge on any atom is 0.263 e. The zero-order chi connectivity index (χ0) is 15.4. The normalized spacial score (nSPS) is 12.0. The van der Waals surface area contributed by atoms with Crippen molar-refractivity contribution in [3.63, 3.8) is 0 Å². The van der Waals surface area contributed by atoms with Crippen LogP contribution < -0.4 is 5.56 Å². The minimum Gasteiger partial charge on any atom is -0.293 e. The Labute approximate surface area is 125 Å². The molecule has 7 nitrogen and oxygen atoms in total. The zero-order valence-corrected chi connectivity index (χ0v) is 12.7. The smallest absolute Gasteiger partial charge is 0.263 e. The van der Waals surface area contributed by atoms with Gasteiger partial charge in [-0.15, -0.1) is 0 Å². The van der Waals surface area contributed by atoms with Gasteiger partial charge in [-0.05, 0) is 20.8 Å². The quantitative estimate of drug-likeness (QED) is 0.565. The molecule has 0 saturated heterocycles. The van der Waals surface area contributed by atoms with E-state index in [1.165, 1.54) is 0 Å². The van der Waals surface area contributed by atoms with Crippen molar-refractivity contribution in [2.45, 2.75) is 33.9 Å². The summed E-state index contributed by atoms with van der Waals surface area (Å²) in [6, 6.07) is 1.93. The van der Waals surface area contributed by atoms with E-state index in [9.17, 15) is 4.79 Å². The van der Waals surface area contributed by atoms with Gasteiger partial charge in [-0.25, -0.2) is 14.2 Å². The Morgan fingerprint density at radius 3 is 2.68 bits per heavy atom. The van der Waals surface area contributed by atoms with Crippen molar-refractivity contribution in [3.05, 3.63) is 34.5 Å². The molecule has 0 N–H and O–H groups in total. The number of hydrogen-bond acceptors (Lipinski definition) is 4. The standard InChI is InChI=1S/C15H16N6O/c1-4-19-12-6-9(3)18-21(12)13-10-8-17-20(5-2)14(10)16-7-11(13)15(19)22/h6-8H,4-5H2,1-3H3. The molecule has 0 aliphatic rings. The summed E-state index contributed by atoms with van der Waals surface area (Å²) < 4.78 is 5.38. The van der Waals surface area contributed by atoms with Gasteiger partial charge in [0.15, 0.2) is 5.65 Å². The molecule has 0 bridgehead atoms. The summed E-state index contributed by atoms with van der Waals surface area (Å²) in [5, 5.41) is 10.3. The van der Waals surface area contributed by atoms with Gasteiger partial charge in [0.05, 0.1) is 28.2 Å². The highest BCUT2D eigenvalue weighted by Crippen LogP contribution is 2.22. The molecule has 0 atom stereocenters. The second-order valence-electron chi connectivity index (χ2n) is 5.32. The molecular formula is C15H16N6O. The third-order valence-electron chi connectivity index (χ3n) is 4.03. The lowest BCUT2D eigenvalue weighted by Crippen LogP contribution is -2.22. The molecule has 0 spiro atoms. The maximum absolute atomic E-state index is 12.8. The van der Waals surface area contributed by atoms with Gasteiger partial charge in [-0.2, -0.15) is 10.2 Å². The molecule has 0 saturated carbocycles. The van der Waals surface area contributed by atoms with Gasteiger partial charge in [0.25, 0.3) is 5.56 Å². The van der Waals surface area contributed by atoms with Crippen molar-refractivity contribution >= 4 is 27.6 Å². The molecule has 4 aromatic heterocycles. The van der Waals surface area contributed by atoms with Crippen LogP contribution in [0.25, 0.3) is 27.6 Å². The number of aromatic nitrogens is 6. The van der Waals surface area contributed by atoms with E-state index < -0.39 is 0 Å². The van der Waals surface area contributed by atoms with Crippen LogP contribution in [0, 0.1) is 6.92 Å². The van der Waals surface area contributed by atoms with Gasteiger partial charge in [0, 0.05) is 25.4 Å². The summed E-state index contributed by atoms with van der Waals surface area (Å²) in [6.45, 7) is 7.22. The van der Waals surface area contributed by atoms with Crippen LogP contribution >= 0.6 is 0 Å². The van der Waals surface area contributed by atoms with Crippen LogP contribution in [0.2, 0.25) is 0 Å². The van der Waals surface area contributed by atoms with Gasteiger partial charge >= 0.3 is 0 Å². The average Bonchev–Trinajstić information content (AvgIpc) is 3.10.